The molecule has 1 aliphatic rings. The summed E-state index contributed by atoms with van der Waals surface area (Å²) in [7, 11) is 0. The van der Waals surface area contributed by atoms with Gasteiger partial charge in [0.2, 0.25) is 0 Å². The molecule has 1 fully saturated rings. The second-order valence-electron chi connectivity index (χ2n) is 6.12. The van der Waals surface area contributed by atoms with Gasteiger partial charge in [-0.25, -0.2) is 9.98 Å². The van der Waals surface area contributed by atoms with E-state index in [1.807, 2.05) is 0 Å². The lowest BCUT2D eigenvalue weighted by atomic mass is 10.3. The maximum atomic E-state index is 4.69. The van der Waals surface area contributed by atoms with Crippen molar-refractivity contribution in [2.75, 3.05) is 32.7 Å². The van der Waals surface area contributed by atoms with Crippen LogP contribution in [0.25, 0.3) is 0 Å². The molecule has 1 aliphatic heterocycles. The molecule has 0 atom stereocenters. The Labute approximate surface area is 144 Å². The number of rotatable bonds is 8. The van der Waals surface area contributed by atoms with Gasteiger partial charge in [-0.3, -0.25) is 0 Å². The Hall–Kier alpha value is -1.14. The van der Waals surface area contributed by atoms with Gasteiger partial charge in [-0.15, -0.1) is 11.3 Å². The first kappa shape index (κ1) is 18.2. The van der Waals surface area contributed by atoms with Crippen LogP contribution in [0.15, 0.2) is 4.99 Å². The molecule has 23 heavy (non-hydrogen) atoms. The van der Waals surface area contributed by atoms with E-state index in [0.29, 0.717) is 6.54 Å². The molecule has 0 aliphatic carbocycles. The maximum absolute atomic E-state index is 4.69. The van der Waals surface area contributed by atoms with Crippen LogP contribution in [0, 0.1) is 13.8 Å². The quantitative estimate of drug-likeness (QED) is 0.435. The van der Waals surface area contributed by atoms with Crippen molar-refractivity contribution in [2.45, 2.75) is 53.0 Å². The summed E-state index contributed by atoms with van der Waals surface area (Å²) < 4.78 is 0. The van der Waals surface area contributed by atoms with E-state index >= 15 is 0 Å². The van der Waals surface area contributed by atoms with Gasteiger partial charge in [0, 0.05) is 18.0 Å². The fraction of sp³-hybridized carbons (Fsp3) is 0.765. The molecule has 2 rings (SSSR count). The average molecular weight is 338 g/mol. The predicted molar refractivity (Wildman–Crippen MR) is 99.3 cm³/mol. The first-order valence-corrected chi connectivity index (χ1v) is 9.68. The summed E-state index contributed by atoms with van der Waals surface area (Å²) in [5.74, 6) is 0.916. The Morgan fingerprint density at radius 2 is 2.00 bits per heavy atom. The van der Waals surface area contributed by atoms with Gasteiger partial charge in [0.1, 0.15) is 0 Å². The van der Waals surface area contributed by atoms with Gasteiger partial charge < -0.3 is 15.5 Å². The number of guanidine groups is 1. The first-order valence-electron chi connectivity index (χ1n) is 8.86. The van der Waals surface area contributed by atoms with E-state index in [4.69, 9.17) is 0 Å². The summed E-state index contributed by atoms with van der Waals surface area (Å²) in [6.07, 6.45) is 5.22. The highest BCUT2D eigenvalue weighted by molar-refractivity contribution is 7.11. The smallest absolute Gasteiger partial charge is 0.191 e. The van der Waals surface area contributed by atoms with Crippen LogP contribution >= 0.6 is 11.3 Å². The summed E-state index contributed by atoms with van der Waals surface area (Å²) >= 11 is 1.74. The van der Waals surface area contributed by atoms with Crippen molar-refractivity contribution in [2.24, 2.45) is 4.99 Å². The second-order valence-corrected chi connectivity index (χ2v) is 7.41. The Bertz CT molecular complexity index is 491. The largest absolute Gasteiger partial charge is 0.357 e. The van der Waals surface area contributed by atoms with Gasteiger partial charge >= 0.3 is 0 Å². The predicted octanol–water partition coefficient (Wildman–Crippen LogP) is 2.69. The standard InChI is InChI=1S/C17H31N5S/c1-4-18-17(20-13-16-14(2)21-15(3)23-16)19-9-5-6-10-22-11-7-8-12-22/h4-13H2,1-3H3,(H2,18,19,20). The molecule has 2 N–H and O–H groups in total. The molecule has 0 radical (unpaired) electrons. The average Bonchev–Trinajstić information content (AvgIpc) is 3.14. The van der Waals surface area contributed by atoms with E-state index in [1.54, 1.807) is 11.3 Å². The summed E-state index contributed by atoms with van der Waals surface area (Å²) in [5, 5.41) is 7.89. The molecule has 1 aromatic rings. The fourth-order valence-electron chi connectivity index (χ4n) is 2.89. The number of aryl methyl sites for hydroxylation is 2. The highest BCUT2D eigenvalue weighted by Crippen LogP contribution is 2.17. The van der Waals surface area contributed by atoms with Crippen molar-refractivity contribution >= 4 is 17.3 Å². The van der Waals surface area contributed by atoms with E-state index in [1.165, 1.54) is 50.2 Å². The van der Waals surface area contributed by atoms with Crippen LogP contribution in [0.2, 0.25) is 0 Å². The summed E-state index contributed by atoms with van der Waals surface area (Å²) in [6, 6.07) is 0. The summed E-state index contributed by atoms with van der Waals surface area (Å²) in [4.78, 5) is 13.0. The molecular weight excluding hydrogens is 306 g/mol. The van der Waals surface area contributed by atoms with E-state index in [0.717, 1.165) is 29.8 Å². The van der Waals surface area contributed by atoms with Gasteiger partial charge in [-0.1, -0.05) is 0 Å². The Balaban J connectivity index is 1.69. The molecule has 0 aromatic carbocycles. The first-order chi connectivity index (χ1) is 11.2. The van der Waals surface area contributed by atoms with Gasteiger partial charge in [-0.2, -0.15) is 0 Å². The van der Waals surface area contributed by atoms with Crippen LogP contribution in [0.1, 0.15) is 48.2 Å². The number of thiazole rings is 1. The molecule has 0 spiro atoms. The van der Waals surface area contributed by atoms with E-state index in [-0.39, 0.29) is 0 Å². The third kappa shape index (κ3) is 6.47. The van der Waals surface area contributed by atoms with Crippen LogP contribution in [-0.4, -0.2) is 48.6 Å². The Morgan fingerprint density at radius 1 is 1.22 bits per heavy atom. The Kier molecular flexibility index (Phi) is 7.82. The number of unbranched alkanes of at least 4 members (excludes halogenated alkanes) is 1. The molecule has 1 saturated heterocycles. The zero-order chi connectivity index (χ0) is 16.5. The fourth-order valence-corrected chi connectivity index (χ4v) is 3.75. The van der Waals surface area contributed by atoms with Crippen LogP contribution in [0.4, 0.5) is 0 Å². The number of aromatic nitrogens is 1. The molecule has 6 heteroatoms. The van der Waals surface area contributed by atoms with E-state index in [2.05, 4.69) is 46.3 Å². The molecule has 1 aromatic heterocycles. The van der Waals surface area contributed by atoms with Crippen molar-refractivity contribution in [3.8, 4) is 0 Å². The number of hydrogen-bond acceptors (Lipinski definition) is 4. The van der Waals surface area contributed by atoms with Crippen molar-refractivity contribution in [1.82, 2.24) is 20.5 Å². The lowest BCUT2D eigenvalue weighted by Crippen LogP contribution is -2.38. The van der Waals surface area contributed by atoms with Gasteiger partial charge in [-0.05, 0) is 66.1 Å². The summed E-state index contributed by atoms with van der Waals surface area (Å²) in [6.45, 7) is 12.6. The highest BCUT2D eigenvalue weighted by Gasteiger charge is 2.10. The molecule has 0 saturated carbocycles. The van der Waals surface area contributed by atoms with E-state index < -0.39 is 0 Å². The zero-order valence-corrected chi connectivity index (χ0v) is 15.6. The van der Waals surface area contributed by atoms with Gasteiger partial charge in [0.05, 0.1) is 17.2 Å². The third-order valence-corrected chi connectivity index (χ3v) is 5.17. The molecule has 2 heterocycles. The number of likely N-dealkylation sites (tertiary alicyclic amines) is 1. The molecule has 5 nitrogen and oxygen atoms in total. The van der Waals surface area contributed by atoms with Crippen LogP contribution < -0.4 is 10.6 Å². The maximum Gasteiger partial charge on any atom is 0.191 e. The monoisotopic (exact) mass is 337 g/mol. The third-order valence-electron chi connectivity index (χ3n) is 4.12. The minimum absolute atomic E-state index is 0.709. The minimum atomic E-state index is 0.709. The van der Waals surface area contributed by atoms with Crippen LogP contribution in [0.5, 0.6) is 0 Å². The lowest BCUT2D eigenvalue weighted by molar-refractivity contribution is 0.330. The van der Waals surface area contributed by atoms with Crippen molar-refractivity contribution in [3.05, 3.63) is 15.6 Å². The van der Waals surface area contributed by atoms with Crippen LogP contribution in [0.3, 0.4) is 0 Å². The number of nitrogens with one attached hydrogen (secondary N) is 2. The molecule has 0 bridgehead atoms. The van der Waals surface area contributed by atoms with Crippen molar-refractivity contribution in [1.29, 1.82) is 0 Å². The topological polar surface area (TPSA) is 52.6 Å². The number of nitrogens with zero attached hydrogens (tertiary/aromatic N) is 3. The molecule has 0 unspecified atom stereocenters. The van der Waals surface area contributed by atoms with Gasteiger partial charge in [0.25, 0.3) is 0 Å². The number of aliphatic imine (C=N–C) groups is 1. The second kappa shape index (κ2) is 9.88. The van der Waals surface area contributed by atoms with Gasteiger partial charge in [0.15, 0.2) is 5.96 Å². The van der Waals surface area contributed by atoms with Crippen molar-refractivity contribution in [3.63, 3.8) is 0 Å². The molecular formula is C17H31N5S. The van der Waals surface area contributed by atoms with Crippen LogP contribution in [-0.2, 0) is 6.54 Å². The summed E-state index contributed by atoms with van der Waals surface area (Å²) in [5.41, 5.74) is 1.11. The SMILES string of the molecule is CCNC(=NCc1sc(C)nc1C)NCCCCN1CCCC1. The van der Waals surface area contributed by atoms with Crippen molar-refractivity contribution < 1.29 is 0 Å². The minimum Gasteiger partial charge on any atom is -0.357 e. The molecule has 0 amide bonds. The normalized spacial score (nSPS) is 16.0. The zero-order valence-electron chi connectivity index (χ0n) is 14.8. The van der Waals surface area contributed by atoms with E-state index in [9.17, 15) is 0 Å². The molecule has 130 valence electrons. The highest BCUT2D eigenvalue weighted by atomic mass is 32.1. The Morgan fingerprint density at radius 3 is 2.65 bits per heavy atom. The lowest BCUT2D eigenvalue weighted by Gasteiger charge is -2.15. The number of hydrogen-bond donors (Lipinski definition) is 2.